The predicted molar refractivity (Wildman–Crippen MR) is 82.3 cm³/mol. The SMILES string of the molecule is CCOC(=O)COc1ccc(/C=C2\N=C(C)OC2=O)cc1OC. The van der Waals surface area contributed by atoms with Crippen LogP contribution in [-0.2, 0) is 19.1 Å². The minimum Gasteiger partial charge on any atom is -0.493 e. The molecule has 7 heteroatoms. The number of cyclic esters (lactones) is 1. The molecule has 1 aromatic rings. The van der Waals surface area contributed by atoms with Crippen molar-refractivity contribution in [1.29, 1.82) is 0 Å². The summed E-state index contributed by atoms with van der Waals surface area (Å²) in [6.07, 6.45) is 1.58. The Morgan fingerprint density at radius 2 is 2.13 bits per heavy atom. The number of aliphatic imine (C=N–C) groups is 1. The van der Waals surface area contributed by atoms with Crippen molar-refractivity contribution >= 4 is 23.9 Å². The van der Waals surface area contributed by atoms with E-state index < -0.39 is 11.9 Å². The molecule has 0 spiro atoms. The second-order valence-corrected chi connectivity index (χ2v) is 4.55. The summed E-state index contributed by atoms with van der Waals surface area (Å²) in [7, 11) is 1.48. The molecule has 0 amide bonds. The van der Waals surface area contributed by atoms with Crippen molar-refractivity contribution in [3.8, 4) is 11.5 Å². The number of hydrogen-bond donors (Lipinski definition) is 0. The van der Waals surface area contributed by atoms with E-state index in [0.717, 1.165) is 0 Å². The Morgan fingerprint density at radius 1 is 1.35 bits per heavy atom. The van der Waals surface area contributed by atoms with Crippen molar-refractivity contribution < 1.29 is 28.5 Å². The molecule has 122 valence electrons. The standard InChI is InChI=1S/C16H17NO6/c1-4-21-15(18)9-22-13-6-5-11(8-14(13)20-3)7-12-16(19)23-10(2)17-12/h5-8H,4,9H2,1-3H3/b12-7-. The minimum absolute atomic E-state index is 0.208. The third kappa shape index (κ3) is 4.32. The lowest BCUT2D eigenvalue weighted by Gasteiger charge is -2.10. The first kappa shape index (κ1) is 16.5. The largest absolute Gasteiger partial charge is 0.493 e. The van der Waals surface area contributed by atoms with E-state index in [9.17, 15) is 9.59 Å². The molecule has 23 heavy (non-hydrogen) atoms. The molecule has 0 aromatic heterocycles. The summed E-state index contributed by atoms with van der Waals surface area (Å²) in [5.41, 5.74) is 0.903. The summed E-state index contributed by atoms with van der Waals surface area (Å²) in [6, 6.07) is 5.03. The molecule has 1 aliphatic rings. The van der Waals surface area contributed by atoms with Crippen LogP contribution in [0.5, 0.6) is 11.5 Å². The van der Waals surface area contributed by atoms with E-state index in [-0.39, 0.29) is 12.3 Å². The molecule has 0 atom stereocenters. The number of esters is 2. The van der Waals surface area contributed by atoms with Crippen LogP contribution in [0.25, 0.3) is 6.08 Å². The molecule has 1 aliphatic heterocycles. The van der Waals surface area contributed by atoms with Crippen LogP contribution in [0, 0.1) is 0 Å². The summed E-state index contributed by atoms with van der Waals surface area (Å²) in [6.45, 7) is 3.41. The van der Waals surface area contributed by atoms with E-state index in [1.807, 2.05) is 0 Å². The van der Waals surface area contributed by atoms with Gasteiger partial charge in [0.25, 0.3) is 0 Å². The van der Waals surface area contributed by atoms with Gasteiger partial charge in [-0.05, 0) is 30.7 Å². The van der Waals surface area contributed by atoms with Crippen LogP contribution in [-0.4, -0.2) is 38.2 Å². The number of methoxy groups -OCH3 is 1. The zero-order valence-corrected chi connectivity index (χ0v) is 13.1. The maximum absolute atomic E-state index is 11.5. The van der Waals surface area contributed by atoms with Crippen LogP contribution in [0.15, 0.2) is 28.9 Å². The third-order valence-corrected chi connectivity index (χ3v) is 2.87. The molecular weight excluding hydrogens is 302 g/mol. The Hall–Kier alpha value is -2.83. The van der Waals surface area contributed by atoms with Crippen LogP contribution in [0.3, 0.4) is 0 Å². The molecular formula is C16H17NO6. The number of nitrogens with zero attached hydrogens (tertiary/aromatic N) is 1. The number of carbonyl (C=O) groups is 2. The fourth-order valence-corrected chi connectivity index (χ4v) is 1.91. The van der Waals surface area contributed by atoms with Gasteiger partial charge in [-0.2, -0.15) is 0 Å². The van der Waals surface area contributed by atoms with Crippen LogP contribution in [0.4, 0.5) is 0 Å². The molecule has 0 aliphatic carbocycles. The molecule has 2 rings (SSSR count). The van der Waals surface area contributed by atoms with Crippen LogP contribution >= 0.6 is 0 Å². The highest BCUT2D eigenvalue weighted by atomic mass is 16.6. The van der Waals surface area contributed by atoms with E-state index in [2.05, 4.69) is 4.99 Å². The smallest absolute Gasteiger partial charge is 0.363 e. The molecule has 7 nitrogen and oxygen atoms in total. The minimum atomic E-state index is -0.496. The lowest BCUT2D eigenvalue weighted by molar-refractivity contribution is -0.145. The monoisotopic (exact) mass is 319 g/mol. The third-order valence-electron chi connectivity index (χ3n) is 2.87. The molecule has 1 aromatic carbocycles. The fraction of sp³-hybridized carbons (Fsp3) is 0.312. The Kier molecular flexibility index (Phi) is 5.35. The van der Waals surface area contributed by atoms with Gasteiger partial charge in [-0.15, -0.1) is 0 Å². The molecule has 0 fully saturated rings. The number of rotatable bonds is 6. The predicted octanol–water partition coefficient (Wildman–Crippen LogP) is 1.95. The number of benzene rings is 1. The maximum Gasteiger partial charge on any atom is 0.363 e. The summed E-state index contributed by atoms with van der Waals surface area (Å²) in [5.74, 6) is 0.179. The van der Waals surface area contributed by atoms with Gasteiger partial charge in [-0.1, -0.05) is 6.07 Å². The summed E-state index contributed by atoms with van der Waals surface area (Å²) < 4.78 is 20.2. The molecule has 1 heterocycles. The van der Waals surface area contributed by atoms with E-state index >= 15 is 0 Å². The molecule has 0 saturated carbocycles. The van der Waals surface area contributed by atoms with E-state index in [1.165, 1.54) is 7.11 Å². The molecule has 0 N–H and O–H groups in total. The second kappa shape index (κ2) is 7.44. The Morgan fingerprint density at radius 3 is 2.74 bits per heavy atom. The van der Waals surface area contributed by atoms with Gasteiger partial charge in [0.2, 0.25) is 0 Å². The molecule has 0 bridgehead atoms. The van der Waals surface area contributed by atoms with Crippen molar-refractivity contribution in [3.05, 3.63) is 29.5 Å². The zero-order valence-electron chi connectivity index (χ0n) is 13.1. The van der Waals surface area contributed by atoms with Gasteiger partial charge in [-0.3, -0.25) is 0 Å². The lowest BCUT2D eigenvalue weighted by Crippen LogP contribution is -2.14. The van der Waals surface area contributed by atoms with Gasteiger partial charge in [0.15, 0.2) is 29.7 Å². The zero-order chi connectivity index (χ0) is 16.8. The van der Waals surface area contributed by atoms with E-state index in [4.69, 9.17) is 18.9 Å². The van der Waals surface area contributed by atoms with Gasteiger partial charge in [0.05, 0.1) is 13.7 Å². The number of ether oxygens (including phenoxy) is 4. The van der Waals surface area contributed by atoms with E-state index in [1.54, 1.807) is 38.1 Å². The average Bonchev–Trinajstić information content (AvgIpc) is 2.83. The normalized spacial score (nSPS) is 15.2. The first-order chi connectivity index (χ1) is 11.0. The molecule has 0 radical (unpaired) electrons. The maximum atomic E-state index is 11.5. The van der Waals surface area contributed by atoms with Crippen LogP contribution in [0.2, 0.25) is 0 Å². The van der Waals surface area contributed by atoms with Gasteiger partial charge in [0.1, 0.15) is 0 Å². The highest BCUT2D eigenvalue weighted by molar-refractivity contribution is 6.06. The molecule has 0 saturated heterocycles. The van der Waals surface area contributed by atoms with Crippen LogP contribution < -0.4 is 9.47 Å². The van der Waals surface area contributed by atoms with Crippen molar-refractivity contribution in [3.63, 3.8) is 0 Å². The van der Waals surface area contributed by atoms with Gasteiger partial charge >= 0.3 is 11.9 Å². The Bertz CT molecular complexity index is 677. The van der Waals surface area contributed by atoms with Crippen LogP contribution in [0.1, 0.15) is 19.4 Å². The highest BCUT2D eigenvalue weighted by Crippen LogP contribution is 2.29. The first-order valence-corrected chi connectivity index (χ1v) is 6.99. The highest BCUT2D eigenvalue weighted by Gasteiger charge is 2.19. The van der Waals surface area contributed by atoms with Crippen molar-refractivity contribution in [2.75, 3.05) is 20.3 Å². The quantitative estimate of drug-likeness (QED) is 0.589. The van der Waals surface area contributed by atoms with Crippen molar-refractivity contribution in [1.82, 2.24) is 0 Å². The second-order valence-electron chi connectivity index (χ2n) is 4.55. The average molecular weight is 319 g/mol. The topological polar surface area (TPSA) is 83.4 Å². The lowest BCUT2D eigenvalue weighted by atomic mass is 10.1. The summed E-state index contributed by atoms with van der Waals surface area (Å²) >= 11 is 0. The fourth-order valence-electron chi connectivity index (χ4n) is 1.91. The van der Waals surface area contributed by atoms with Gasteiger partial charge in [-0.25, -0.2) is 14.6 Å². The van der Waals surface area contributed by atoms with Gasteiger partial charge < -0.3 is 18.9 Å². The van der Waals surface area contributed by atoms with Crippen molar-refractivity contribution in [2.24, 2.45) is 4.99 Å². The summed E-state index contributed by atoms with van der Waals surface area (Å²) in [5, 5.41) is 0. The van der Waals surface area contributed by atoms with Crippen molar-refractivity contribution in [2.45, 2.75) is 13.8 Å². The first-order valence-electron chi connectivity index (χ1n) is 6.99. The number of hydrogen-bond acceptors (Lipinski definition) is 7. The Balaban J connectivity index is 2.15. The summed E-state index contributed by atoms with van der Waals surface area (Å²) in [4.78, 5) is 26.8. The molecule has 0 unspecified atom stereocenters. The Labute approximate surface area is 133 Å². The van der Waals surface area contributed by atoms with Gasteiger partial charge in [0, 0.05) is 6.92 Å². The van der Waals surface area contributed by atoms with E-state index in [0.29, 0.717) is 29.6 Å². The number of carbonyl (C=O) groups excluding carboxylic acids is 2.